The Bertz CT molecular complexity index is 672. The van der Waals surface area contributed by atoms with Gasteiger partial charge in [-0.1, -0.05) is 25.8 Å². The van der Waals surface area contributed by atoms with Crippen molar-refractivity contribution >= 4 is 23.2 Å². The summed E-state index contributed by atoms with van der Waals surface area (Å²) in [4.78, 5) is 27.9. The number of anilines is 2. The van der Waals surface area contributed by atoms with Crippen molar-refractivity contribution in [3.05, 3.63) is 24.3 Å². The molecule has 3 rings (SSSR count). The minimum atomic E-state index is -0.508. The predicted molar refractivity (Wildman–Crippen MR) is 113 cm³/mol. The van der Waals surface area contributed by atoms with Gasteiger partial charge in [0.05, 0.1) is 0 Å². The average molecular weight is 387 g/mol. The van der Waals surface area contributed by atoms with Crippen LogP contribution in [0.15, 0.2) is 24.3 Å². The Balaban J connectivity index is 1.61. The van der Waals surface area contributed by atoms with Crippen molar-refractivity contribution in [1.29, 1.82) is 0 Å². The third-order valence-corrected chi connectivity index (χ3v) is 5.88. The van der Waals surface area contributed by atoms with E-state index in [1.165, 1.54) is 12.8 Å². The van der Waals surface area contributed by atoms with Crippen LogP contribution in [-0.4, -0.2) is 37.0 Å². The summed E-state index contributed by atoms with van der Waals surface area (Å²) in [6.07, 6.45) is 7.42. The Hall–Kier alpha value is -2.08. The number of benzene rings is 1. The van der Waals surface area contributed by atoms with Crippen molar-refractivity contribution in [2.75, 3.05) is 23.3 Å². The molecule has 28 heavy (non-hydrogen) atoms. The van der Waals surface area contributed by atoms with Crippen molar-refractivity contribution < 1.29 is 9.59 Å². The number of hydrogen-bond acceptors (Lipinski definition) is 4. The standard InChI is InChI=1S/C22H34N4O2/c1-2-7-20(25-21(27)16-8-5-9-17(23)14-16)22(28)24-18-10-6-11-19(15-18)26-12-3-4-13-26/h6,10-11,15-17,20H,2-5,7-9,12-14,23H2,1H3,(H,24,28)(H,25,27). The second-order valence-electron chi connectivity index (χ2n) is 8.21. The van der Waals surface area contributed by atoms with E-state index >= 15 is 0 Å². The van der Waals surface area contributed by atoms with Gasteiger partial charge in [-0.05, 0) is 56.7 Å². The molecule has 1 aromatic carbocycles. The zero-order chi connectivity index (χ0) is 19.9. The molecule has 0 spiro atoms. The first-order valence-electron chi connectivity index (χ1n) is 10.8. The van der Waals surface area contributed by atoms with Gasteiger partial charge in [-0.15, -0.1) is 0 Å². The van der Waals surface area contributed by atoms with Crippen LogP contribution in [-0.2, 0) is 9.59 Å². The first kappa shape index (κ1) is 20.6. The summed E-state index contributed by atoms with van der Waals surface area (Å²) in [7, 11) is 0. The molecule has 1 heterocycles. The first-order chi connectivity index (χ1) is 13.6. The molecule has 154 valence electrons. The number of carbonyl (C=O) groups is 2. The van der Waals surface area contributed by atoms with Crippen molar-refractivity contribution in [3.8, 4) is 0 Å². The third-order valence-electron chi connectivity index (χ3n) is 5.88. The van der Waals surface area contributed by atoms with E-state index in [0.717, 1.165) is 50.1 Å². The summed E-state index contributed by atoms with van der Waals surface area (Å²) >= 11 is 0. The first-order valence-corrected chi connectivity index (χ1v) is 10.8. The molecule has 1 saturated heterocycles. The highest BCUT2D eigenvalue weighted by atomic mass is 16.2. The fraction of sp³-hybridized carbons (Fsp3) is 0.636. The Kier molecular flexibility index (Phi) is 7.31. The third kappa shape index (κ3) is 5.47. The van der Waals surface area contributed by atoms with E-state index in [4.69, 9.17) is 5.73 Å². The van der Waals surface area contributed by atoms with E-state index < -0.39 is 6.04 Å². The van der Waals surface area contributed by atoms with Crippen LogP contribution in [0.25, 0.3) is 0 Å². The van der Waals surface area contributed by atoms with Crippen molar-refractivity contribution in [2.24, 2.45) is 11.7 Å². The largest absolute Gasteiger partial charge is 0.371 e. The van der Waals surface area contributed by atoms with Gasteiger partial charge in [-0.3, -0.25) is 9.59 Å². The topological polar surface area (TPSA) is 87.5 Å². The second kappa shape index (κ2) is 9.92. The summed E-state index contributed by atoms with van der Waals surface area (Å²) in [5.41, 5.74) is 7.94. The molecular formula is C22H34N4O2. The Morgan fingerprint density at radius 1 is 1.21 bits per heavy atom. The fourth-order valence-corrected chi connectivity index (χ4v) is 4.30. The summed E-state index contributed by atoms with van der Waals surface area (Å²) in [6.45, 7) is 4.15. The molecule has 1 saturated carbocycles. The van der Waals surface area contributed by atoms with Crippen LogP contribution in [0.1, 0.15) is 58.3 Å². The van der Waals surface area contributed by atoms with Crippen molar-refractivity contribution in [1.82, 2.24) is 5.32 Å². The zero-order valence-electron chi connectivity index (χ0n) is 17.0. The summed E-state index contributed by atoms with van der Waals surface area (Å²) in [6, 6.07) is 7.57. The van der Waals surface area contributed by atoms with E-state index in [1.54, 1.807) is 0 Å². The molecule has 6 nitrogen and oxygen atoms in total. The maximum Gasteiger partial charge on any atom is 0.246 e. The number of hydrogen-bond donors (Lipinski definition) is 3. The molecule has 0 radical (unpaired) electrons. The van der Waals surface area contributed by atoms with Crippen molar-refractivity contribution in [2.45, 2.75) is 70.4 Å². The van der Waals surface area contributed by atoms with Gasteiger partial charge < -0.3 is 21.3 Å². The summed E-state index contributed by atoms with van der Waals surface area (Å²) < 4.78 is 0. The minimum Gasteiger partial charge on any atom is -0.371 e. The molecular weight excluding hydrogens is 352 g/mol. The van der Waals surface area contributed by atoms with Gasteiger partial charge in [0.25, 0.3) is 0 Å². The molecule has 2 fully saturated rings. The van der Waals surface area contributed by atoms with Gasteiger partial charge >= 0.3 is 0 Å². The van der Waals surface area contributed by atoms with Gasteiger partial charge in [0.1, 0.15) is 6.04 Å². The van der Waals surface area contributed by atoms with E-state index in [-0.39, 0.29) is 23.8 Å². The molecule has 1 aromatic rings. The van der Waals surface area contributed by atoms with E-state index in [2.05, 4.69) is 21.6 Å². The van der Waals surface area contributed by atoms with Crippen LogP contribution < -0.4 is 21.3 Å². The molecule has 4 N–H and O–H groups in total. The number of amides is 2. The number of carbonyl (C=O) groups excluding carboxylic acids is 2. The number of rotatable bonds is 7. The minimum absolute atomic E-state index is 0.0328. The normalized spacial score (nSPS) is 23.3. The van der Waals surface area contributed by atoms with Crippen LogP contribution in [0.5, 0.6) is 0 Å². The zero-order valence-corrected chi connectivity index (χ0v) is 17.0. The lowest BCUT2D eigenvalue weighted by atomic mass is 9.85. The molecule has 1 aliphatic carbocycles. The number of nitrogens with zero attached hydrogens (tertiary/aromatic N) is 1. The lowest BCUT2D eigenvalue weighted by Crippen LogP contribution is -2.47. The van der Waals surface area contributed by atoms with Crippen molar-refractivity contribution in [3.63, 3.8) is 0 Å². The van der Waals surface area contributed by atoms with Crippen LogP contribution in [0.2, 0.25) is 0 Å². The van der Waals surface area contributed by atoms with Gasteiger partial charge in [-0.2, -0.15) is 0 Å². The lowest BCUT2D eigenvalue weighted by molar-refractivity contribution is -0.130. The van der Waals surface area contributed by atoms with E-state index in [0.29, 0.717) is 12.8 Å². The van der Waals surface area contributed by atoms with E-state index in [1.807, 2.05) is 25.1 Å². The van der Waals surface area contributed by atoms with Crippen LogP contribution in [0.3, 0.4) is 0 Å². The summed E-state index contributed by atoms with van der Waals surface area (Å²) in [5, 5.41) is 5.98. The molecule has 0 bridgehead atoms. The molecule has 3 unspecified atom stereocenters. The smallest absolute Gasteiger partial charge is 0.246 e. The number of nitrogens with two attached hydrogens (primary N) is 1. The van der Waals surface area contributed by atoms with Gasteiger partial charge in [0.15, 0.2) is 0 Å². The predicted octanol–water partition coefficient (Wildman–Crippen LogP) is 3.03. The Morgan fingerprint density at radius 3 is 2.71 bits per heavy atom. The SMILES string of the molecule is CCCC(NC(=O)C1CCCC(N)C1)C(=O)Nc1cccc(N2CCCC2)c1. The number of nitrogens with one attached hydrogen (secondary N) is 2. The van der Waals surface area contributed by atoms with Gasteiger partial charge in [-0.25, -0.2) is 0 Å². The van der Waals surface area contributed by atoms with Crippen LogP contribution >= 0.6 is 0 Å². The van der Waals surface area contributed by atoms with E-state index in [9.17, 15) is 9.59 Å². The Labute approximate surface area is 168 Å². The highest BCUT2D eigenvalue weighted by Crippen LogP contribution is 2.25. The fourth-order valence-electron chi connectivity index (χ4n) is 4.30. The van der Waals surface area contributed by atoms with Crippen LogP contribution in [0, 0.1) is 5.92 Å². The molecule has 1 aliphatic heterocycles. The van der Waals surface area contributed by atoms with Crippen LogP contribution in [0.4, 0.5) is 11.4 Å². The molecule has 6 heteroatoms. The monoisotopic (exact) mass is 386 g/mol. The van der Waals surface area contributed by atoms with Gasteiger partial charge in [0, 0.05) is 36.4 Å². The second-order valence-corrected chi connectivity index (χ2v) is 8.21. The Morgan fingerprint density at radius 2 is 2.00 bits per heavy atom. The average Bonchev–Trinajstić information content (AvgIpc) is 3.22. The molecule has 3 atom stereocenters. The lowest BCUT2D eigenvalue weighted by Gasteiger charge is -2.27. The maximum atomic E-state index is 12.9. The summed E-state index contributed by atoms with van der Waals surface area (Å²) in [5.74, 6) is -0.252. The quantitative estimate of drug-likeness (QED) is 0.672. The maximum absolute atomic E-state index is 12.9. The highest BCUT2D eigenvalue weighted by molar-refractivity contribution is 5.97. The molecule has 0 aromatic heterocycles. The highest BCUT2D eigenvalue weighted by Gasteiger charge is 2.28. The van der Waals surface area contributed by atoms with Gasteiger partial charge in [0.2, 0.25) is 11.8 Å². The molecule has 2 amide bonds. The molecule has 2 aliphatic rings.